The van der Waals surface area contributed by atoms with Crippen molar-refractivity contribution < 1.29 is 8.76 Å². The Labute approximate surface area is 97.6 Å². The van der Waals surface area contributed by atoms with E-state index in [0.29, 0.717) is 13.1 Å². The van der Waals surface area contributed by atoms with Crippen molar-refractivity contribution in [1.29, 1.82) is 0 Å². The van der Waals surface area contributed by atoms with Crippen LogP contribution in [0.5, 0.6) is 0 Å². The zero-order chi connectivity index (χ0) is 11.5. The van der Waals surface area contributed by atoms with Crippen molar-refractivity contribution in [2.24, 2.45) is 0 Å². The SMILES string of the molecule is Cc1ccccc1N1C=CN(S(=O)O)CC1. The van der Waals surface area contributed by atoms with Gasteiger partial charge in [0.05, 0.1) is 6.54 Å². The summed E-state index contributed by atoms with van der Waals surface area (Å²) < 4.78 is 21.1. The standard InChI is InChI=1S/C11H14N2O2S/c1-10-4-2-3-5-11(10)12-6-8-13(9-7-12)16(14)15/h2-6,8H,7,9H2,1H3,(H,14,15). The molecule has 4 nitrogen and oxygen atoms in total. The minimum atomic E-state index is -1.91. The van der Waals surface area contributed by atoms with E-state index in [1.165, 1.54) is 9.87 Å². The summed E-state index contributed by atoms with van der Waals surface area (Å²) in [5, 5.41) is 0. The molecule has 1 aliphatic rings. The van der Waals surface area contributed by atoms with E-state index in [1.54, 1.807) is 6.20 Å². The van der Waals surface area contributed by atoms with Gasteiger partial charge in [0.25, 0.3) is 11.3 Å². The average Bonchev–Trinajstić information content (AvgIpc) is 2.30. The summed E-state index contributed by atoms with van der Waals surface area (Å²) in [5.74, 6) is 0. The Balaban J connectivity index is 2.18. The lowest BCUT2D eigenvalue weighted by molar-refractivity contribution is 0.467. The van der Waals surface area contributed by atoms with Crippen molar-refractivity contribution in [3.05, 3.63) is 42.2 Å². The van der Waals surface area contributed by atoms with Crippen molar-refractivity contribution in [3.8, 4) is 0 Å². The van der Waals surface area contributed by atoms with Crippen LogP contribution < -0.4 is 4.90 Å². The molecule has 1 aromatic rings. The Hall–Kier alpha value is -1.33. The van der Waals surface area contributed by atoms with Gasteiger partial charge in [0.2, 0.25) is 0 Å². The zero-order valence-electron chi connectivity index (χ0n) is 9.04. The molecule has 0 aromatic heterocycles. The van der Waals surface area contributed by atoms with Crippen LogP contribution in [0.2, 0.25) is 0 Å². The van der Waals surface area contributed by atoms with E-state index in [9.17, 15) is 4.21 Å². The molecule has 0 fully saturated rings. The number of hydrogen-bond donors (Lipinski definition) is 1. The average molecular weight is 238 g/mol. The number of para-hydroxylation sites is 1. The predicted octanol–water partition coefficient (Wildman–Crippen LogP) is 1.72. The van der Waals surface area contributed by atoms with Crippen LogP contribution in [0.3, 0.4) is 0 Å². The lowest BCUT2D eigenvalue weighted by atomic mass is 10.2. The second-order valence-electron chi connectivity index (χ2n) is 3.65. The first-order valence-corrected chi connectivity index (χ1v) is 6.13. The Morgan fingerprint density at radius 2 is 2.00 bits per heavy atom. The summed E-state index contributed by atoms with van der Waals surface area (Å²) in [4.78, 5) is 2.08. The van der Waals surface area contributed by atoms with Crippen LogP contribution in [0.25, 0.3) is 0 Å². The van der Waals surface area contributed by atoms with E-state index in [-0.39, 0.29) is 0 Å². The molecule has 0 saturated heterocycles. The van der Waals surface area contributed by atoms with Crippen molar-refractivity contribution in [2.75, 3.05) is 18.0 Å². The van der Waals surface area contributed by atoms with Gasteiger partial charge in [-0.25, -0.2) is 4.21 Å². The van der Waals surface area contributed by atoms with Gasteiger partial charge < -0.3 is 4.90 Å². The van der Waals surface area contributed by atoms with Crippen LogP contribution in [0, 0.1) is 6.92 Å². The molecule has 5 heteroatoms. The third-order valence-corrected chi connectivity index (χ3v) is 3.31. The molecule has 1 atom stereocenters. The molecule has 2 rings (SSSR count). The lowest BCUT2D eigenvalue weighted by Gasteiger charge is -2.29. The number of nitrogens with zero attached hydrogens (tertiary/aromatic N) is 2. The normalized spacial score (nSPS) is 17.6. The second-order valence-corrected chi connectivity index (χ2v) is 4.58. The van der Waals surface area contributed by atoms with E-state index >= 15 is 0 Å². The molecule has 86 valence electrons. The molecule has 0 radical (unpaired) electrons. The Morgan fingerprint density at radius 3 is 2.56 bits per heavy atom. The molecule has 0 saturated carbocycles. The topological polar surface area (TPSA) is 43.8 Å². The van der Waals surface area contributed by atoms with Crippen molar-refractivity contribution in [2.45, 2.75) is 6.92 Å². The summed E-state index contributed by atoms with van der Waals surface area (Å²) in [6.07, 6.45) is 3.48. The van der Waals surface area contributed by atoms with Gasteiger partial charge in [-0.3, -0.25) is 8.86 Å². The van der Waals surface area contributed by atoms with E-state index in [0.717, 1.165) is 5.69 Å². The minimum absolute atomic E-state index is 0.550. The van der Waals surface area contributed by atoms with E-state index in [1.807, 2.05) is 24.4 Å². The number of anilines is 1. The fourth-order valence-electron chi connectivity index (χ4n) is 1.73. The molecule has 1 N–H and O–H groups in total. The number of benzene rings is 1. The monoisotopic (exact) mass is 238 g/mol. The molecule has 1 heterocycles. The van der Waals surface area contributed by atoms with E-state index in [2.05, 4.69) is 17.9 Å². The molecule has 0 aliphatic carbocycles. The first-order valence-electron chi connectivity index (χ1n) is 5.06. The maximum atomic E-state index is 10.8. The highest BCUT2D eigenvalue weighted by atomic mass is 32.2. The second kappa shape index (κ2) is 4.67. The molecular formula is C11H14N2O2S. The maximum Gasteiger partial charge on any atom is 0.261 e. The van der Waals surface area contributed by atoms with Gasteiger partial charge in [-0.15, -0.1) is 0 Å². The van der Waals surface area contributed by atoms with Gasteiger partial charge in [-0.05, 0) is 18.6 Å². The molecule has 16 heavy (non-hydrogen) atoms. The smallest absolute Gasteiger partial charge is 0.261 e. The van der Waals surface area contributed by atoms with Crippen molar-refractivity contribution in [1.82, 2.24) is 4.31 Å². The molecule has 0 bridgehead atoms. The number of rotatable bonds is 2. The van der Waals surface area contributed by atoms with Crippen LogP contribution in [0.15, 0.2) is 36.7 Å². The fraction of sp³-hybridized carbons (Fsp3) is 0.273. The van der Waals surface area contributed by atoms with Crippen molar-refractivity contribution >= 4 is 17.0 Å². The van der Waals surface area contributed by atoms with Crippen LogP contribution in [0.4, 0.5) is 5.69 Å². The van der Waals surface area contributed by atoms with E-state index in [4.69, 9.17) is 4.55 Å². The maximum absolute atomic E-state index is 10.8. The highest BCUT2D eigenvalue weighted by Gasteiger charge is 2.15. The summed E-state index contributed by atoms with van der Waals surface area (Å²) in [6, 6.07) is 8.10. The first-order chi connectivity index (χ1) is 7.68. The highest BCUT2D eigenvalue weighted by Crippen LogP contribution is 2.21. The van der Waals surface area contributed by atoms with Gasteiger partial charge in [0.15, 0.2) is 0 Å². The minimum Gasteiger partial charge on any atom is -0.344 e. The Bertz CT molecular complexity index is 434. The van der Waals surface area contributed by atoms with Crippen LogP contribution >= 0.6 is 0 Å². The third-order valence-electron chi connectivity index (χ3n) is 2.60. The van der Waals surface area contributed by atoms with Gasteiger partial charge >= 0.3 is 0 Å². The lowest BCUT2D eigenvalue weighted by Crippen LogP contribution is -2.35. The molecule has 1 unspecified atom stereocenters. The van der Waals surface area contributed by atoms with Gasteiger partial charge in [0.1, 0.15) is 0 Å². The molecule has 1 aromatic carbocycles. The highest BCUT2D eigenvalue weighted by molar-refractivity contribution is 7.76. The van der Waals surface area contributed by atoms with Crippen LogP contribution in [-0.4, -0.2) is 26.2 Å². The molecule has 1 aliphatic heterocycles. The molecule has 0 spiro atoms. The quantitative estimate of drug-likeness (QED) is 0.798. The summed E-state index contributed by atoms with van der Waals surface area (Å²) in [7, 11) is 0. The van der Waals surface area contributed by atoms with Gasteiger partial charge in [0, 0.05) is 24.6 Å². The zero-order valence-corrected chi connectivity index (χ0v) is 9.85. The molecular weight excluding hydrogens is 224 g/mol. The predicted molar refractivity (Wildman–Crippen MR) is 65.1 cm³/mol. The van der Waals surface area contributed by atoms with E-state index < -0.39 is 11.3 Å². The first kappa shape index (κ1) is 11.2. The fourth-order valence-corrected chi connectivity index (χ4v) is 2.12. The van der Waals surface area contributed by atoms with Gasteiger partial charge in [-0.1, -0.05) is 18.2 Å². The Kier molecular flexibility index (Phi) is 3.26. The van der Waals surface area contributed by atoms with Crippen LogP contribution in [0.1, 0.15) is 5.56 Å². The number of hydrogen-bond acceptors (Lipinski definition) is 2. The summed E-state index contributed by atoms with van der Waals surface area (Å²) in [5.41, 5.74) is 2.34. The van der Waals surface area contributed by atoms with Crippen LogP contribution in [-0.2, 0) is 11.3 Å². The van der Waals surface area contributed by atoms with Gasteiger partial charge in [-0.2, -0.15) is 0 Å². The Morgan fingerprint density at radius 1 is 1.25 bits per heavy atom. The summed E-state index contributed by atoms with van der Waals surface area (Å²) in [6.45, 7) is 3.32. The third kappa shape index (κ3) is 2.25. The summed E-state index contributed by atoms with van der Waals surface area (Å²) >= 11 is -1.91. The largest absolute Gasteiger partial charge is 0.344 e. The van der Waals surface area contributed by atoms with Crippen molar-refractivity contribution in [3.63, 3.8) is 0 Å². The number of aryl methyl sites for hydroxylation is 1. The molecule has 0 amide bonds.